The molecule has 0 unspecified atom stereocenters. The Bertz CT molecular complexity index is 449. The van der Waals surface area contributed by atoms with E-state index in [0.717, 1.165) is 0 Å². The molecule has 0 fully saturated rings. The summed E-state index contributed by atoms with van der Waals surface area (Å²) in [6, 6.07) is 0. The topological polar surface area (TPSA) is 423 Å². The molecule has 0 aliphatic heterocycles. The zero-order valence-electron chi connectivity index (χ0n) is 19.7. The molecule has 7 N–H and O–H groups in total. The van der Waals surface area contributed by atoms with Gasteiger partial charge in [0.15, 0.2) is 0 Å². The van der Waals surface area contributed by atoms with Crippen molar-refractivity contribution in [2.24, 2.45) is 0 Å². The average Bonchev–Trinajstić information content (AvgIpc) is 2.86. The summed E-state index contributed by atoms with van der Waals surface area (Å²) in [6.45, 7) is -0.222. The summed E-state index contributed by atoms with van der Waals surface area (Å²) >= 11 is 0. The van der Waals surface area contributed by atoms with Crippen molar-refractivity contribution in [3.05, 3.63) is 13.2 Å². The van der Waals surface area contributed by atoms with Gasteiger partial charge < -0.3 is 105 Å². The van der Waals surface area contributed by atoms with Gasteiger partial charge in [0.25, 0.3) is 0 Å². The Hall–Kier alpha value is -2.72. The van der Waals surface area contributed by atoms with Crippen LogP contribution < -0.4 is 35.7 Å². The van der Waals surface area contributed by atoms with E-state index in [1.807, 2.05) is 0 Å². The molecule has 21 nitrogen and oxygen atoms in total. The minimum absolute atomic E-state index is 0. The maximum absolute atomic E-state index is 9.01. The molecule has 0 saturated carbocycles. The minimum Gasteiger partial charge on any atom is -0.548 e. The Kier molecular flexibility index (Phi) is 109. The second-order valence-electron chi connectivity index (χ2n) is 3.71. The predicted octanol–water partition coefficient (Wildman–Crippen LogP) is -15.5. The standard InChI is InChI=1S/7C2H4O3.C2H4.Sb.Ti/c7*3-1-2(4)5;1-2;;/h7*3H,1H2,(H,4,5);1-2H2;;/q;;;;;;;;+3;+4/p-7. The molecule has 224 valence electrons. The van der Waals surface area contributed by atoms with Crippen molar-refractivity contribution in [2.75, 3.05) is 46.2 Å². The monoisotopic (exact) mass is 722 g/mol. The van der Waals surface area contributed by atoms with Gasteiger partial charge in [0.2, 0.25) is 0 Å². The van der Waals surface area contributed by atoms with E-state index in [2.05, 4.69) is 13.2 Å². The summed E-state index contributed by atoms with van der Waals surface area (Å²) < 4.78 is 0. The smallest absolute Gasteiger partial charge is 0.548 e. The molecule has 0 saturated heterocycles. The number of aliphatic hydroxyl groups excluding tert-OH is 7. The summed E-state index contributed by atoms with van der Waals surface area (Å²) in [5.74, 6) is -10.1. The van der Waals surface area contributed by atoms with Crippen LogP contribution in [0.2, 0.25) is 0 Å². The molecule has 0 aliphatic carbocycles. The number of hydrogen-bond donors (Lipinski definition) is 7. The first-order valence-electron chi connectivity index (χ1n) is 8.05. The van der Waals surface area contributed by atoms with Crippen molar-refractivity contribution in [3.63, 3.8) is 0 Å². The summed E-state index contributed by atoms with van der Waals surface area (Å²) in [4.78, 5) is 63.0. The van der Waals surface area contributed by atoms with Gasteiger partial charge in [0, 0.05) is 0 Å². The molecule has 0 heterocycles. The van der Waals surface area contributed by atoms with Crippen molar-refractivity contribution in [2.45, 2.75) is 0 Å². The molecule has 0 aromatic heterocycles. The molecule has 0 aliphatic rings. The molecule has 0 atom stereocenters. The Labute approximate surface area is 251 Å². The van der Waals surface area contributed by atoms with Gasteiger partial charge >= 0.3 is 46.1 Å². The number of hydrogen-bond acceptors (Lipinski definition) is 21. The van der Waals surface area contributed by atoms with Crippen LogP contribution in [-0.2, 0) is 55.3 Å². The van der Waals surface area contributed by atoms with E-state index in [4.69, 9.17) is 105 Å². The largest absolute Gasteiger partial charge is 4.00 e. The van der Waals surface area contributed by atoms with E-state index in [9.17, 15) is 0 Å². The maximum atomic E-state index is 9.01. The molecule has 0 rings (SSSR count). The third-order valence-corrected chi connectivity index (χ3v) is 0.904. The molecule has 23 heteroatoms. The SMILES string of the molecule is C=C.O=C([O-])CO.O=C([O-])CO.O=C([O-])CO.O=C([O-])CO.O=C([O-])CO.O=C([O-])CO.O=C([O-])CO.[Sb+3].[Ti+4]. The minimum atomic E-state index is -1.44. The first-order chi connectivity index (χ1) is 16.9. The van der Waals surface area contributed by atoms with Crippen molar-refractivity contribution in [1.82, 2.24) is 0 Å². The Morgan fingerprint density at radius 3 is 0.385 bits per heavy atom. The number of carbonyl (C=O) groups is 7. The zero-order chi connectivity index (χ0) is 32.0. The van der Waals surface area contributed by atoms with Crippen LogP contribution in [0.15, 0.2) is 13.2 Å². The van der Waals surface area contributed by atoms with Gasteiger partial charge in [-0.25, -0.2) is 0 Å². The van der Waals surface area contributed by atoms with E-state index < -0.39 is 88.0 Å². The second-order valence-corrected chi connectivity index (χ2v) is 3.71. The van der Waals surface area contributed by atoms with Gasteiger partial charge in [-0.2, -0.15) is 0 Å². The third-order valence-electron chi connectivity index (χ3n) is 0.904. The van der Waals surface area contributed by atoms with Crippen molar-refractivity contribution in [1.29, 1.82) is 0 Å². The molecular formula is C16H25O21SbTi. The number of aliphatic carboxylic acids is 7. The molecule has 0 spiro atoms. The Morgan fingerprint density at radius 2 is 0.385 bits per heavy atom. The molecule has 0 amide bonds. The van der Waals surface area contributed by atoms with Gasteiger partial charge in [0.1, 0.15) is 0 Å². The van der Waals surface area contributed by atoms with Crippen molar-refractivity contribution in [3.8, 4) is 0 Å². The van der Waals surface area contributed by atoms with E-state index in [1.165, 1.54) is 0 Å². The van der Waals surface area contributed by atoms with E-state index in [1.54, 1.807) is 0 Å². The van der Waals surface area contributed by atoms with E-state index >= 15 is 0 Å². The maximum Gasteiger partial charge on any atom is 4.00 e. The van der Waals surface area contributed by atoms with Gasteiger partial charge in [-0.05, 0) is 0 Å². The fourth-order valence-electron chi connectivity index (χ4n) is 0. The molecule has 0 aromatic carbocycles. The number of rotatable bonds is 7. The van der Waals surface area contributed by atoms with Crippen molar-refractivity contribution < 1.29 is 127 Å². The Morgan fingerprint density at radius 1 is 0.359 bits per heavy atom. The van der Waals surface area contributed by atoms with Crippen LogP contribution >= 0.6 is 0 Å². The van der Waals surface area contributed by atoms with Gasteiger partial charge in [0.05, 0.1) is 88.0 Å². The normalized spacial score (nSPS) is 6.74. The number of aliphatic hydroxyl groups is 7. The van der Waals surface area contributed by atoms with Gasteiger partial charge in [-0.3, -0.25) is 0 Å². The molecule has 39 heavy (non-hydrogen) atoms. The first kappa shape index (κ1) is 65.4. The van der Waals surface area contributed by atoms with E-state index in [-0.39, 0.29) is 46.1 Å². The van der Waals surface area contributed by atoms with Crippen LogP contribution in [0.25, 0.3) is 0 Å². The fraction of sp³-hybridized carbons (Fsp3) is 0.438. The van der Waals surface area contributed by atoms with Crippen molar-refractivity contribution >= 4 is 66.2 Å². The Balaban J connectivity index is -0.0000000308. The van der Waals surface area contributed by atoms with Crippen LogP contribution in [0, 0.1) is 0 Å². The summed E-state index contributed by atoms with van der Waals surface area (Å²) in [7, 11) is 0. The first-order valence-corrected chi connectivity index (χ1v) is 8.05. The fourth-order valence-corrected chi connectivity index (χ4v) is 0. The molecule has 2 radical (unpaired) electrons. The predicted molar refractivity (Wildman–Crippen MR) is 102 cm³/mol. The average molecular weight is 723 g/mol. The third kappa shape index (κ3) is 307. The van der Waals surface area contributed by atoms with Gasteiger partial charge in [-0.15, -0.1) is 13.2 Å². The number of carboxylic acid groups (broad SMARTS) is 7. The van der Waals surface area contributed by atoms with Crippen LogP contribution in [0.3, 0.4) is 0 Å². The van der Waals surface area contributed by atoms with E-state index in [0.29, 0.717) is 0 Å². The van der Waals surface area contributed by atoms with Crippen LogP contribution in [0.1, 0.15) is 0 Å². The van der Waals surface area contributed by atoms with Crippen LogP contribution in [-0.4, -0.2) is 148 Å². The molecule has 0 aromatic rings. The quantitative estimate of drug-likeness (QED) is 0.0947. The molecular weight excluding hydrogens is 698 g/mol. The second kappa shape index (κ2) is 64.9. The zero-order valence-corrected chi connectivity index (χ0v) is 23.8. The summed E-state index contributed by atoms with van der Waals surface area (Å²) in [5.41, 5.74) is 0. The molecule has 0 bridgehead atoms. The van der Waals surface area contributed by atoms with Crippen LogP contribution in [0.4, 0.5) is 0 Å². The summed E-state index contributed by atoms with van der Waals surface area (Å²) in [5, 5.41) is 115. The van der Waals surface area contributed by atoms with Gasteiger partial charge in [-0.1, -0.05) is 0 Å². The van der Waals surface area contributed by atoms with Crippen LogP contribution in [0.5, 0.6) is 0 Å². The number of carbonyl (C=O) groups excluding carboxylic acids is 7. The summed E-state index contributed by atoms with van der Waals surface area (Å²) in [6.07, 6.45) is 0. The number of carboxylic acids is 7.